The standard InChI is InChI=1S/C23H21FN4O4/c1-12-9-13-3-2-4-17(24)20(13)28(12)23(32)25-15-5-6-16-14(10-15)11-27(22(16)31)18-7-8-19(29)26-21(18)30/h2-6,10,12,18H,7-9,11H2,1H3,(H,25,32)(H,26,29,30)/t12-,18?/m1/s1. The van der Waals surface area contributed by atoms with Crippen molar-refractivity contribution >= 4 is 35.1 Å². The van der Waals surface area contributed by atoms with E-state index in [1.165, 1.54) is 15.9 Å². The molecule has 2 N–H and O–H groups in total. The molecule has 0 saturated carbocycles. The van der Waals surface area contributed by atoms with Gasteiger partial charge in [0.05, 0.1) is 5.69 Å². The average molecular weight is 436 g/mol. The Bertz CT molecular complexity index is 1180. The Labute approximate surface area is 183 Å². The molecular formula is C23H21FN4O4. The molecule has 2 aromatic rings. The van der Waals surface area contributed by atoms with Crippen LogP contribution in [0.4, 0.5) is 20.6 Å². The van der Waals surface area contributed by atoms with Crippen LogP contribution in [0.1, 0.15) is 41.3 Å². The van der Waals surface area contributed by atoms with Gasteiger partial charge in [-0.15, -0.1) is 0 Å². The van der Waals surface area contributed by atoms with Crippen LogP contribution < -0.4 is 15.5 Å². The molecule has 0 spiro atoms. The van der Waals surface area contributed by atoms with E-state index in [2.05, 4.69) is 10.6 Å². The molecule has 5 amide bonds. The monoisotopic (exact) mass is 436 g/mol. The number of urea groups is 1. The van der Waals surface area contributed by atoms with Gasteiger partial charge in [0.2, 0.25) is 11.8 Å². The van der Waals surface area contributed by atoms with Gasteiger partial charge in [0.15, 0.2) is 0 Å². The lowest BCUT2D eigenvalue weighted by Crippen LogP contribution is -2.52. The van der Waals surface area contributed by atoms with Crippen molar-refractivity contribution in [3.8, 4) is 0 Å². The number of benzene rings is 2. The molecule has 32 heavy (non-hydrogen) atoms. The van der Waals surface area contributed by atoms with Crippen LogP contribution in [0.3, 0.4) is 0 Å². The molecule has 9 heteroatoms. The van der Waals surface area contributed by atoms with E-state index < -0.39 is 23.8 Å². The fraction of sp³-hybridized carbons (Fsp3) is 0.304. The Morgan fingerprint density at radius 1 is 1.16 bits per heavy atom. The zero-order valence-corrected chi connectivity index (χ0v) is 17.4. The van der Waals surface area contributed by atoms with E-state index in [4.69, 9.17) is 0 Å². The summed E-state index contributed by atoms with van der Waals surface area (Å²) < 4.78 is 14.4. The van der Waals surface area contributed by atoms with Crippen LogP contribution in [0.25, 0.3) is 0 Å². The van der Waals surface area contributed by atoms with Crippen LogP contribution >= 0.6 is 0 Å². The van der Waals surface area contributed by atoms with Crippen molar-refractivity contribution in [3.63, 3.8) is 0 Å². The highest BCUT2D eigenvalue weighted by Gasteiger charge is 2.39. The summed E-state index contributed by atoms with van der Waals surface area (Å²) in [4.78, 5) is 52.2. The lowest BCUT2D eigenvalue weighted by molar-refractivity contribution is -0.136. The highest BCUT2D eigenvalue weighted by atomic mass is 19.1. The Balaban J connectivity index is 1.35. The number of amides is 5. The third kappa shape index (κ3) is 3.21. The topological polar surface area (TPSA) is 98.8 Å². The van der Waals surface area contributed by atoms with E-state index in [1.54, 1.807) is 24.3 Å². The van der Waals surface area contributed by atoms with Crippen molar-refractivity contribution in [2.45, 2.75) is 44.8 Å². The number of nitrogens with one attached hydrogen (secondary N) is 2. The maximum absolute atomic E-state index is 14.4. The molecule has 3 aliphatic heterocycles. The van der Waals surface area contributed by atoms with Crippen LogP contribution in [0.5, 0.6) is 0 Å². The molecule has 8 nitrogen and oxygen atoms in total. The van der Waals surface area contributed by atoms with Gasteiger partial charge in [-0.3, -0.25) is 24.6 Å². The summed E-state index contributed by atoms with van der Waals surface area (Å²) in [5.74, 6) is -1.54. The number of halogens is 1. The first-order valence-electron chi connectivity index (χ1n) is 10.5. The number of anilines is 2. The van der Waals surface area contributed by atoms with Crippen LogP contribution in [-0.2, 0) is 22.6 Å². The number of para-hydroxylation sites is 1. The summed E-state index contributed by atoms with van der Waals surface area (Å²) in [5, 5.41) is 5.08. The molecule has 0 bridgehead atoms. The third-order valence-corrected chi connectivity index (χ3v) is 6.26. The number of carbonyl (C=O) groups is 4. The lowest BCUT2D eigenvalue weighted by Gasteiger charge is -2.29. The number of hydrogen-bond acceptors (Lipinski definition) is 4. The zero-order chi connectivity index (χ0) is 22.6. The summed E-state index contributed by atoms with van der Waals surface area (Å²) in [6, 6.07) is 8.36. The molecule has 3 heterocycles. The van der Waals surface area contributed by atoms with Crippen LogP contribution in [-0.4, -0.2) is 40.7 Å². The summed E-state index contributed by atoms with van der Waals surface area (Å²) in [5.41, 5.74) is 2.69. The first-order valence-corrected chi connectivity index (χ1v) is 10.5. The minimum Gasteiger partial charge on any atom is -0.322 e. The van der Waals surface area contributed by atoms with Gasteiger partial charge in [0, 0.05) is 30.3 Å². The third-order valence-electron chi connectivity index (χ3n) is 6.26. The molecule has 3 aliphatic rings. The molecule has 0 radical (unpaired) electrons. The number of piperidine rings is 1. The molecule has 0 aliphatic carbocycles. The van der Waals surface area contributed by atoms with Crippen molar-refractivity contribution in [1.82, 2.24) is 10.2 Å². The van der Waals surface area contributed by atoms with Crippen molar-refractivity contribution in [2.75, 3.05) is 10.2 Å². The first-order chi connectivity index (χ1) is 15.3. The zero-order valence-electron chi connectivity index (χ0n) is 17.4. The smallest absolute Gasteiger partial charge is 0.322 e. The number of imide groups is 1. The highest BCUT2D eigenvalue weighted by Crippen LogP contribution is 2.35. The molecule has 2 atom stereocenters. The Hall–Kier alpha value is -3.75. The number of rotatable bonds is 2. The fourth-order valence-electron chi connectivity index (χ4n) is 4.76. The number of carbonyl (C=O) groups excluding carboxylic acids is 4. The number of nitrogens with zero attached hydrogens (tertiary/aromatic N) is 2. The van der Waals surface area contributed by atoms with Gasteiger partial charge in [0.1, 0.15) is 11.9 Å². The Morgan fingerprint density at radius 3 is 2.75 bits per heavy atom. The minimum absolute atomic E-state index is 0.184. The molecule has 164 valence electrons. The quantitative estimate of drug-likeness (QED) is 0.707. The van der Waals surface area contributed by atoms with E-state index in [0.29, 0.717) is 23.2 Å². The normalized spacial score (nSPS) is 22.0. The van der Waals surface area contributed by atoms with Crippen molar-refractivity contribution in [2.24, 2.45) is 0 Å². The Morgan fingerprint density at radius 2 is 1.97 bits per heavy atom. The van der Waals surface area contributed by atoms with Gasteiger partial charge < -0.3 is 10.2 Å². The molecule has 2 aromatic carbocycles. The summed E-state index contributed by atoms with van der Waals surface area (Å²) in [6.45, 7) is 2.07. The summed E-state index contributed by atoms with van der Waals surface area (Å²) in [7, 11) is 0. The lowest BCUT2D eigenvalue weighted by atomic mass is 10.0. The summed E-state index contributed by atoms with van der Waals surface area (Å²) in [6.07, 6.45) is 1.04. The SMILES string of the molecule is C[C@@H]1Cc2cccc(F)c2N1C(=O)Nc1ccc2c(c1)CN(C1CCC(=O)NC1=O)C2=O. The Kier molecular flexibility index (Phi) is 4.69. The van der Waals surface area contributed by atoms with E-state index in [-0.39, 0.29) is 42.9 Å². The maximum atomic E-state index is 14.4. The van der Waals surface area contributed by atoms with Crippen molar-refractivity contribution < 1.29 is 23.6 Å². The van der Waals surface area contributed by atoms with Crippen LogP contribution in [0, 0.1) is 5.82 Å². The molecule has 0 aromatic heterocycles. The summed E-state index contributed by atoms with van der Waals surface area (Å²) >= 11 is 0. The van der Waals surface area contributed by atoms with Crippen LogP contribution in [0.2, 0.25) is 0 Å². The van der Waals surface area contributed by atoms with E-state index >= 15 is 0 Å². The minimum atomic E-state index is -0.699. The highest BCUT2D eigenvalue weighted by molar-refractivity contribution is 6.07. The van der Waals surface area contributed by atoms with E-state index in [1.807, 2.05) is 13.0 Å². The van der Waals surface area contributed by atoms with Gasteiger partial charge in [-0.25, -0.2) is 9.18 Å². The van der Waals surface area contributed by atoms with Gasteiger partial charge in [-0.2, -0.15) is 0 Å². The molecule has 1 unspecified atom stereocenters. The predicted molar refractivity (Wildman–Crippen MR) is 114 cm³/mol. The first kappa shape index (κ1) is 20.2. The molecule has 1 fully saturated rings. The second-order valence-electron chi connectivity index (χ2n) is 8.37. The van der Waals surface area contributed by atoms with Crippen LogP contribution in [0.15, 0.2) is 36.4 Å². The van der Waals surface area contributed by atoms with E-state index in [0.717, 1.165) is 5.56 Å². The van der Waals surface area contributed by atoms with Gasteiger partial charge in [0.25, 0.3) is 5.91 Å². The van der Waals surface area contributed by atoms with E-state index in [9.17, 15) is 23.6 Å². The number of fused-ring (bicyclic) bond motifs is 2. The fourth-order valence-corrected chi connectivity index (χ4v) is 4.76. The van der Waals surface area contributed by atoms with Gasteiger partial charge in [-0.05, 0) is 55.2 Å². The average Bonchev–Trinajstić information content (AvgIpc) is 3.25. The number of hydrogen-bond donors (Lipinski definition) is 2. The second kappa shape index (κ2) is 7.44. The van der Waals surface area contributed by atoms with Gasteiger partial charge in [-0.1, -0.05) is 12.1 Å². The maximum Gasteiger partial charge on any atom is 0.326 e. The van der Waals surface area contributed by atoms with Crippen molar-refractivity contribution in [3.05, 3.63) is 58.9 Å². The largest absolute Gasteiger partial charge is 0.326 e. The van der Waals surface area contributed by atoms with Gasteiger partial charge >= 0.3 is 6.03 Å². The second-order valence-corrected chi connectivity index (χ2v) is 8.37. The van der Waals surface area contributed by atoms with Crippen molar-refractivity contribution in [1.29, 1.82) is 0 Å². The molecular weight excluding hydrogens is 415 g/mol. The predicted octanol–water partition coefficient (Wildman–Crippen LogP) is 2.57. The molecule has 5 rings (SSSR count). The molecule has 1 saturated heterocycles.